The van der Waals surface area contributed by atoms with Crippen molar-refractivity contribution in [3.63, 3.8) is 0 Å². The number of anilines is 2. The van der Waals surface area contributed by atoms with E-state index in [0.717, 1.165) is 18.5 Å². The predicted molar refractivity (Wildman–Crippen MR) is 82.0 cm³/mol. The molecule has 2 atom stereocenters. The van der Waals surface area contributed by atoms with Gasteiger partial charge in [-0.15, -0.1) is 0 Å². The van der Waals surface area contributed by atoms with Crippen LogP contribution < -0.4 is 11.1 Å². The summed E-state index contributed by atoms with van der Waals surface area (Å²) < 4.78 is 0. The van der Waals surface area contributed by atoms with Gasteiger partial charge in [0.15, 0.2) is 5.82 Å². The number of nitrogens with zero attached hydrogens (tertiary/aromatic N) is 3. The molecule has 2 fully saturated rings. The van der Waals surface area contributed by atoms with Crippen molar-refractivity contribution >= 4 is 23.1 Å². The first-order chi connectivity index (χ1) is 9.54. The Bertz CT molecular complexity index is 493. The molecular formula is C14H22ClN5. The average Bonchev–Trinajstić information content (AvgIpc) is 2.36. The molecule has 0 saturated carbocycles. The number of hydrogen-bond acceptors (Lipinski definition) is 5. The molecule has 110 valence electrons. The van der Waals surface area contributed by atoms with Crippen molar-refractivity contribution in [2.45, 2.75) is 57.2 Å². The van der Waals surface area contributed by atoms with Gasteiger partial charge in [0.2, 0.25) is 5.28 Å². The zero-order valence-electron chi connectivity index (χ0n) is 12.1. The van der Waals surface area contributed by atoms with Gasteiger partial charge in [-0.2, -0.15) is 4.98 Å². The molecule has 0 spiro atoms. The van der Waals surface area contributed by atoms with E-state index in [4.69, 9.17) is 17.3 Å². The summed E-state index contributed by atoms with van der Waals surface area (Å²) in [6.07, 6.45) is 6.24. The maximum atomic E-state index is 6.06. The normalized spacial score (nSPS) is 30.2. The van der Waals surface area contributed by atoms with Gasteiger partial charge in [0.05, 0.1) is 11.4 Å². The molecule has 3 heterocycles. The Hall–Kier alpha value is -1.07. The summed E-state index contributed by atoms with van der Waals surface area (Å²) in [5.41, 5.74) is 7.40. The van der Waals surface area contributed by atoms with Gasteiger partial charge in [0.25, 0.3) is 0 Å². The minimum absolute atomic E-state index is 0.257. The van der Waals surface area contributed by atoms with Crippen LogP contribution in [-0.2, 0) is 0 Å². The van der Waals surface area contributed by atoms with Crippen molar-refractivity contribution < 1.29 is 0 Å². The number of nitrogens with two attached hydrogens (primary N) is 1. The number of nitrogens with one attached hydrogen (secondary N) is 1. The highest BCUT2D eigenvalue weighted by atomic mass is 35.5. The fraction of sp³-hybridized carbons (Fsp3) is 0.714. The van der Waals surface area contributed by atoms with Crippen LogP contribution in [0.15, 0.2) is 0 Å². The number of aryl methyl sites for hydroxylation is 1. The van der Waals surface area contributed by atoms with E-state index in [1.165, 1.54) is 19.3 Å². The Labute approximate surface area is 124 Å². The lowest BCUT2D eigenvalue weighted by Gasteiger charge is -2.47. The largest absolute Gasteiger partial charge is 0.394 e. The van der Waals surface area contributed by atoms with Crippen molar-refractivity contribution in [3.05, 3.63) is 11.0 Å². The summed E-state index contributed by atoms with van der Waals surface area (Å²) in [5.74, 6) is 0.690. The first-order valence-corrected chi connectivity index (χ1v) is 7.70. The van der Waals surface area contributed by atoms with Crippen LogP contribution in [0.5, 0.6) is 0 Å². The molecule has 2 unspecified atom stereocenters. The van der Waals surface area contributed by atoms with E-state index in [2.05, 4.69) is 27.2 Å². The van der Waals surface area contributed by atoms with Gasteiger partial charge in [-0.3, -0.25) is 0 Å². The van der Waals surface area contributed by atoms with Crippen LogP contribution >= 0.6 is 11.6 Å². The quantitative estimate of drug-likeness (QED) is 0.820. The number of rotatable bonds is 2. The van der Waals surface area contributed by atoms with Crippen LogP contribution in [0.25, 0.3) is 0 Å². The SMILES string of the molecule is Cc1nc(Cl)nc(NC2CC3CCCC(C2)N3C)c1N. The van der Waals surface area contributed by atoms with Crippen molar-refractivity contribution in [1.29, 1.82) is 0 Å². The van der Waals surface area contributed by atoms with E-state index in [0.29, 0.717) is 29.6 Å². The lowest BCUT2D eigenvalue weighted by Crippen LogP contribution is -2.52. The number of hydrogen-bond donors (Lipinski definition) is 2. The minimum atomic E-state index is 0.257. The van der Waals surface area contributed by atoms with Crippen molar-refractivity contribution in [2.24, 2.45) is 0 Å². The molecule has 0 aliphatic carbocycles. The maximum absolute atomic E-state index is 6.06. The average molecular weight is 296 g/mol. The Morgan fingerprint density at radius 2 is 1.90 bits per heavy atom. The van der Waals surface area contributed by atoms with Gasteiger partial charge in [0.1, 0.15) is 0 Å². The monoisotopic (exact) mass is 295 g/mol. The standard InChI is InChI=1S/C14H22ClN5/c1-8-12(16)13(19-14(15)17-8)18-9-6-10-4-3-5-11(7-9)20(10)2/h9-11H,3-7,16H2,1-2H3,(H,17,18,19). The molecule has 0 aromatic carbocycles. The lowest BCUT2D eigenvalue weighted by molar-refractivity contribution is 0.0608. The second-order valence-electron chi connectivity index (χ2n) is 6.06. The van der Waals surface area contributed by atoms with Crippen molar-refractivity contribution in [1.82, 2.24) is 14.9 Å². The van der Waals surface area contributed by atoms with Gasteiger partial charge in [-0.05, 0) is 51.3 Å². The van der Waals surface area contributed by atoms with Gasteiger partial charge in [-0.25, -0.2) is 4.98 Å². The van der Waals surface area contributed by atoms with E-state index >= 15 is 0 Å². The Morgan fingerprint density at radius 3 is 2.55 bits per heavy atom. The summed E-state index contributed by atoms with van der Waals surface area (Å²) in [6, 6.07) is 1.79. The summed E-state index contributed by atoms with van der Waals surface area (Å²) in [4.78, 5) is 10.9. The Kier molecular flexibility index (Phi) is 3.73. The number of fused-ring (bicyclic) bond motifs is 2. The van der Waals surface area contributed by atoms with E-state index in [-0.39, 0.29) is 5.28 Å². The molecule has 2 aliphatic heterocycles. The van der Waals surface area contributed by atoms with Gasteiger partial charge in [0, 0.05) is 18.1 Å². The van der Waals surface area contributed by atoms with Crippen LogP contribution in [-0.4, -0.2) is 40.0 Å². The molecule has 2 aliphatic rings. The van der Waals surface area contributed by atoms with Crippen LogP contribution in [0.3, 0.4) is 0 Å². The van der Waals surface area contributed by atoms with Gasteiger partial charge >= 0.3 is 0 Å². The topological polar surface area (TPSA) is 67.1 Å². The molecule has 1 aromatic rings. The summed E-state index contributed by atoms with van der Waals surface area (Å²) >= 11 is 5.93. The fourth-order valence-corrected chi connectivity index (χ4v) is 3.80. The van der Waals surface area contributed by atoms with E-state index < -0.39 is 0 Å². The van der Waals surface area contributed by atoms with Crippen LogP contribution in [0.1, 0.15) is 37.8 Å². The third-order valence-electron chi connectivity index (χ3n) is 4.79. The van der Waals surface area contributed by atoms with Crippen molar-refractivity contribution in [2.75, 3.05) is 18.1 Å². The Morgan fingerprint density at radius 1 is 1.25 bits per heavy atom. The third-order valence-corrected chi connectivity index (χ3v) is 4.96. The zero-order valence-corrected chi connectivity index (χ0v) is 12.8. The molecule has 2 saturated heterocycles. The second-order valence-corrected chi connectivity index (χ2v) is 6.40. The number of halogens is 1. The number of aromatic nitrogens is 2. The summed E-state index contributed by atoms with van der Waals surface area (Å²) in [5, 5.41) is 3.75. The molecule has 5 nitrogen and oxygen atoms in total. The smallest absolute Gasteiger partial charge is 0.224 e. The number of nitrogen functional groups attached to an aromatic ring is 1. The zero-order chi connectivity index (χ0) is 14.3. The molecule has 3 rings (SSSR count). The first kappa shape index (κ1) is 13.9. The van der Waals surface area contributed by atoms with Gasteiger partial charge in [-0.1, -0.05) is 6.42 Å². The second kappa shape index (κ2) is 5.37. The molecule has 2 bridgehead atoms. The molecule has 0 amide bonds. The highest BCUT2D eigenvalue weighted by Crippen LogP contribution is 2.34. The van der Waals surface area contributed by atoms with Gasteiger partial charge < -0.3 is 16.0 Å². The molecule has 3 N–H and O–H groups in total. The van der Waals surface area contributed by atoms with E-state index in [1.54, 1.807) is 0 Å². The number of piperidine rings is 2. The summed E-state index contributed by atoms with van der Waals surface area (Å²) in [6.45, 7) is 1.86. The lowest BCUT2D eigenvalue weighted by atomic mass is 9.82. The van der Waals surface area contributed by atoms with E-state index in [9.17, 15) is 0 Å². The molecule has 20 heavy (non-hydrogen) atoms. The molecule has 6 heteroatoms. The minimum Gasteiger partial charge on any atom is -0.394 e. The molecular weight excluding hydrogens is 274 g/mol. The third kappa shape index (κ3) is 2.56. The van der Waals surface area contributed by atoms with Crippen molar-refractivity contribution in [3.8, 4) is 0 Å². The van der Waals surface area contributed by atoms with Crippen LogP contribution in [0.4, 0.5) is 11.5 Å². The molecule has 0 radical (unpaired) electrons. The molecule has 1 aromatic heterocycles. The first-order valence-electron chi connectivity index (χ1n) is 7.32. The Balaban J connectivity index is 1.76. The maximum Gasteiger partial charge on any atom is 0.224 e. The summed E-state index contributed by atoms with van der Waals surface area (Å²) in [7, 11) is 2.25. The fourth-order valence-electron chi connectivity index (χ4n) is 3.58. The highest BCUT2D eigenvalue weighted by molar-refractivity contribution is 6.28. The predicted octanol–water partition coefficient (Wildman–Crippen LogP) is 2.45. The van der Waals surface area contributed by atoms with Crippen LogP contribution in [0, 0.1) is 6.92 Å². The van der Waals surface area contributed by atoms with E-state index in [1.807, 2.05) is 6.92 Å². The van der Waals surface area contributed by atoms with Crippen LogP contribution in [0.2, 0.25) is 5.28 Å². The highest BCUT2D eigenvalue weighted by Gasteiger charge is 2.36.